The molecule has 1 unspecified atom stereocenters. The van der Waals surface area contributed by atoms with Gasteiger partial charge in [-0.25, -0.2) is 4.79 Å². The monoisotopic (exact) mass is 197 g/mol. The highest BCUT2D eigenvalue weighted by Gasteiger charge is 2.54. The first-order chi connectivity index (χ1) is 6.38. The Kier molecular flexibility index (Phi) is 2.02. The zero-order valence-electron chi connectivity index (χ0n) is 9.41. The molecule has 1 heterocycles. The van der Waals surface area contributed by atoms with Gasteiger partial charge in [0.05, 0.1) is 0 Å². The molecule has 2 aliphatic rings. The van der Waals surface area contributed by atoms with E-state index in [0.717, 1.165) is 30.8 Å². The second kappa shape index (κ2) is 2.88. The maximum Gasteiger partial charge on any atom is 0.410 e. The number of nitrogens with zero attached hydrogens (tertiary/aromatic N) is 1. The number of hydrogen-bond acceptors (Lipinski definition) is 2. The first-order valence-corrected chi connectivity index (χ1v) is 5.36. The molecule has 1 saturated carbocycles. The summed E-state index contributed by atoms with van der Waals surface area (Å²) in [5, 5.41) is 0. The zero-order valence-corrected chi connectivity index (χ0v) is 9.41. The third-order valence-corrected chi connectivity index (χ3v) is 3.27. The second-order valence-electron chi connectivity index (χ2n) is 5.57. The summed E-state index contributed by atoms with van der Waals surface area (Å²) in [6, 6.07) is 0. The van der Waals surface area contributed by atoms with Crippen LogP contribution in [0.25, 0.3) is 0 Å². The Hall–Kier alpha value is -0.730. The Balaban J connectivity index is 1.84. The van der Waals surface area contributed by atoms with E-state index in [4.69, 9.17) is 4.74 Å². The Morgan fingerprint density at radius 1 is 1.29 bits per heavy atom. The third-order valence-electron chi connectivity index (χ3n) is 3.27. The molecule has 0 aromatic rings. The van der Waals surface area contributed by atoms with Gasteiger partial charge in [-0.1, -0.05) is 6.92 Å². The molecule has 0 radical (unpaired) electrons. The molecular formula is C11H19NO2. The number of hydrogen-bond donors (Lipinski definition) is 0. The van der Waals surface area contributed by atoms with E-state index in [1.165, 1.54) is 0 Å². The lowest BCUT2D eigenvalue weighted by Gasteiger charge is -2.25. The summed E-state index contributed by atoms with van der Waals surface area (Å²) in [4.78, 5) is 13.5. The Labute approximate surface area is 85.4 Å². The van der Waals surface area contributed by atoms with Gasteiger partial charge in [-0.3, -0.25) is 0 Å². The molecule has 1 aliphatic carbocycles. The van der Waals surface area contributed by atoms with Crippen LogP contribution in [0.1, 0.15) is 27.7 Å². The van der Waals surface area contributed by atoms with Gasteiger partial charge >= 0.3 is 6.09 Å². The molecule has 2 fully saturated rings. The minimum atomic E-state index is -0.366. The van der Waals surface area contributed by atoms with E-state index in [1.54, 1.807) is 0 Å². The SMILES string of the molecule is CC1[C@H]2CN(C(=O)OC(C)(C)C)C[C@@H]12. The van der Waals surface area contributed by atoms with Crippen molar-refractivity contribution in [2.75, 3.05) is 13.1 Å². The molecule has 1 amide bonds. The van der Waals surface area contributed by atoms with Gasteiger partial charge in [-0.15, -0.1) is 0 Å². The summed E-state index contributed by atoms with van der Waals surface area (Å²) >= 11 is 0. The average Bonchev–Trinajstić information content (AvgIpc) is 2.47. The molecule has 0 aromatic heterocycles. The van der Waals surface area contributed by atoms with Crippen molar-refractivity contribution in [1.82, 2.24) is 4.90 Å². The predicted molar refractivity (Wildman–Crippen MR) is 54.0 cm³/mol. The van der Waals surface area contributed by atoms with E-state index in [9.17, 15) is 4.79 Å². The predicted octanol–water partition coefficient (Wildman–Crippen LogP) is 2.12. The van der Waals surface area contributed by atoms with Crippen LogP contribution in [0, 0.1) is 17.8 Å². The van der Waals surface area contributed by atoms with Gasteiger partial charge in [0.1, 0.15) is 5.60 Å². The molecule has 3 atom stereocenters. The van der Waals surface area contributed by atoms with Gasteiger partial charge < -0.3 is 9.64 Å². The van der Waals surface area contributed by atoms with Crippen LogP contribution in [0.5, 0.6) is 0 Å². The molecule has 1 aliphatic heterocycles. The fourth-order valence-corrected chi connectivity index (χ4v) is 2.30. The van der Waals surface area contributed by atoms with Crippen LogP contribution in [-0.2, 0) is 4.74 Å². The number of carbonyl (C=O) groups is 1. The van der Waals surface area contributed by atoms with Gasteiger partial charge in [0.15, 0.2) is 0 Å². The van der Waals surface area contributed by atoms with Crippen molar-refractivity contribution >= 4 is 6.09 Å². The van der Waals surface area contributed by atoms with E-state index in [0.29, 0.717) is 0 Å². The number of amides is 1. The maximum atomic E-state index is 11.6. The molecule has 2 rings (SSSR count). The van der Waals surface area contributed by atoms with Crippen molar-refractivity contribution in [2.24, 2.45) is 17.8 Å². The van der Waals surface area contributed by atoms with Crippen LogP contribution in [0.2, 0.25) is 0 Å². The quantitative estimate of drug-likeness (QED) is 0.595. The first kappa shape index (κ1) is 9.81. The van der Waals surface area contributed by atoms with Gasteiger partial charge in [-0.05, 0) is 38.5 Å². The minimum absolute atomic E-state index is 0.142. The lowest BCUT2D eigenvalue weighted by molar-refractivity contribution is 0.0267. The molecule has 0 bridgehead atoms. The van der Waals surface area contributed by atoms with Gasteiger partial charge in [-0.2, -0.15) is 0 Å². The fraction of sp³-hybridized carbons (Fsp3) is 0.909. The van der Waals surface area contributed by atoms with Crippen molar-refractivity contribution in [1.29, 1.82) is 0 Å². The molecule has 0 aromatic carbocycles. The lowest BCUT2D eigenvalue weighted by Crippen LogP contribution is -2.36. The Morgan fingerprint density at radius 2 is 1.79 bits per heavy atom. The van der Waals surface area contributed by atoms with Crippen LogP contribution >= 0.6 is 0 Å². The Bertz CT molecular complexity index is 245. The maximum absolute atomic E-state index is 11.6. The van der Waals surface area contributed by atoms with Crippen molar-refractivity contribution in [3.8, 4) is 0 Å². The number of carbonyl (C=O) groups excluding carboxylic acids is 1. The number of fused-ring (bicyclic) bond motifs is 1. The lowest BCUT2D eigenvalue weighted by atomic mass is 10.2. The Morgan fingerprint density at radius 3 is 2.21 bits per heavy atom. The normalized spacial score (nSPS) is 35.4. The van der Waals surface area contributed by atoms with Crippen LogP contribution in [0.15, 0.2) is 0 Å². The summed E-state index contributed by atoms with van der Waals surface area (Å²) < 4.78 is 5.31. The van der Waals surface area contributed by atoms with Crippen molar-refractivity contribution < 1.29 is 9.53 Å². The number of likely N-dealkylation sites (tertiary alicyclic amines) is 1. The third kappa shape index (κ3) is 1.72. The van der Waals surface area contributed by atoms with E-state index in [2.05, 4.69) is 6.92 Å². The zero-order chi connectivity index (χ0) is 10.5. The molecule has 3 nitrogen and oxygen atoms in total. The summed E-state index contributed by atoms with van der Waals surface area (Å²) in [5.74, 6) is 2.33. The van der Waals surface area contributed by atoms with E-state index in [-0.39, 0.29) is 11.7 Å². The van der Waals surface area contributed by atoms with Crippen LogP contribution in [0.3, 0.4) is 0 Å². The van der Waals surface area contributed by atoms with Crippen molar-refractivity contribution in [3.63, 3.8) is 0 Å². The van der Waals surface area contributed by atoms with Crippen molar-refractivity contribution in [3.05, 3.63) is 0 Å². The summed E-state index contributed by atoms with van der Waals surface area (Å²) in [7, 11) is 0. The van der Waals surface area contributed by atoms with E-state index >= 15 is 0 Å². The largest absolute Gasteiger partial charge is 0.444 e. The molecule has 80 valence electrons. The topological polar surface area (TPSA) is 29.5 Å². The standard InChI is InChI=1S/C11H19NO2/c1-7-8-5-12(6-9(7)8)10(13)14-11(2,3)4/h7-9H,5-6H2,1-4H3/t7?,8-,9+. The van der Waals surface area contributed by atoms with E-state index < -0.39 is 0 Å². The van der Waals surface area contributed by atoms with Gasteiger partial charge in [0, 0.05) is 13.1 Å². The molecule has 14 heavy (non-hydrogen) atoms. The fourth-order valence-electron chi connectivity index (χ4n) is 2.30. The van der Waals surface area contributed by atoms with Gasteiger partial charge in [0.25, 0.3) is 0 Å². The first-order valence-electron chi connectivity index (χ1n) is 5.36. The highest BCUT2D eigenvalue weighted by Crippen LogP contribution is 2.51. The summed E-state index contributed by atoms with van der Waals surface area (Å²) in [6.07, 6.45) is -0.142. The average molecular weight is 197 g/mol. The van der Waals surface area contributed by atoms with Gasteiger partial charge in [0.2, 0.25) is 0 Å². The van der Waals surface area contributed by atoms with Crippen LogP contribution < -0.4 is 0 Å². The number of ether oxygens (including phenoxy) is 1. The van der Waals surface area contributed by atoms with E-state index in [1.807, 2.05) is 25.7 Å². The molecule has 0 spiro atoms. The molecule has 1 saturated heterocycles. The highest BCUT2D eigenvalue weighted by atomic mass is 16.6. The number of rotatable bonds is 0. The summed E-state index contributed by atoms with van der Waals surface area (Å²) in [6.45, 7) is 9.79. The minimum Gasteiger partial charge on any atom is -0.444 e. The number of piperidine rings is 1. The second-order valence-corrected chi connectivity index (χ2v) is 5.57. The molecular weight excluding hydrogens is 178 g/mol. The molecule has 0 N–H and O–H groups in total. The molecule has 3 heteroatoms. The smallest absolute Gasteiger partial charge is 0.410 e. The summed E-state index contributed by atoms with van der Waals surface area (Å²) in [5.41, 5.74) is -0.366. The van der Waals surface area contributed by atoms with Crippen LogP contribution in [0.4, 0.5) is 4.79 Å². The van der Waals surface area contributed by atoms with Crippen molar-refractivity contribution in [2.45, 2.75) is 33.3 Å². The van der Waals surface area contributed by atoms with Crippen LogP contribution in [-0.4, -0.2) is 29.7 Å². The highest BCUT2D eigenvalue weighted by molar-refractivity contribution is 5.68.